The molecule has 158 valence electrons. The van der Waals surface area contributed by atoms with Crippen LogP contribution in [0.15, 0.2) is 36.4 Å². The largest absolute Gasteiger partial charge is 0.339 e. The number of rotatable bonds is 4. The number of amides is 3. The first-order valence-corrected chi connectivity index (χ1v) is 11.2. The molecule has 2 aliphatic rings. The molecule has 2 fully saturated rings. The Morgan fingerprint density at radius 2 is 1.63 bits per heavy atom. The summed E-state index contributed by atoms with van der Waals surface area (Å²) >= 11 is 1.50. The van der Waals surface area contributed by atoms with Gasteiger partial charge in [-0.1, -0.05) is 29.8 Å². The van der Waals surface area contributed by atoms with Gasteiger partial charge in [0.1, 0.15) is 0 Å². The highest BCUT2D eigenvalue weighted by Crippen LogP contribution is 2.24. The molecule has 4 rings (SSSR count). The van der Waals surface area contributed by atoms with Gasteiger partial charge in [-0.3, -0.25) is 14.4 Å². The van der Waals surface area contributed by atoms with Crippen molar-refractivity contribution in [2.24, 2.45) is 5.92 Å². The van der Waals surface area contributed by atoms with Crippen LogP contribution < -0.4 is 0 Å². The molecule has 1 unspecified atom stereocenters. The second-order valence-corrected chi connectivity index (χ2v) is 9.48. The number of carbonyl (C=O) groups is 3. The van der Waals surface area contributed by atoms with Crippen LogP contribution in [0.1, 0.15) is 32.1 Å². The predicted molar refractivity (Wildman–Crippen MR) is 116 cm³/mol. The molecule has 1 aromatic carbocycles. The summed E-state index contributed by atoms with van der Waals surface area (Å²) < 4.78 is 0. The summed E-state index contributed by atoms with van der Waals surface area (Å²) in [6.07, 6.45) is 0.276. The predicted octanol–water partition coefficient (Wildman–Crippen LogP) is 2.70. The SMILES string of the molecule is Cc1ccc(CN2CC(C(=O)N3CCN(C(=O)c4ccc(C)s4)CC3)CC2=O)cc1. The third kappa shape index (κ3) is 4.41. The molecule has 2 aromatic rings. The second kappa shape index (κ2) is 8.60. The van der Waals surface area contributed by atoms with Gasteiger partial charge in [0.15, 0.2) is 0 Å². The Labute approximate surface area is 181 Å². The van der Waals surface area contributed by atoms with Gasteiger partial charge in [-0.15, -0.1) is 11.3 Å². The molecule has 30 heavy (non-hydrogen) atoms. The maximum absolute atomic E-state index is 13.0. The molecule has 1 atom stereocenters. The summed E-state index contributed by atoms with van der Waals surface area (Å²) in [5.74, 6) is -0.171. The van der Waals surface area contributed by atoms with E-state index in [9.17, 15) is 14.4 Å². The molecule has 1 aromatic heterocycles. The molecule has 7 heteroatoms. The molecular formula is C23H27N3O3S. The van der Waals surface area contributed by atoms with Crippen molar-refractivity contribution in [2.45, 2.75) is 26.8 Å². The number of likely N-dealkylation sites (tertiary alicyclic amines) is 1. The van der Waals surface area contributed by atoms with E-state index in [0.29, 0.717) is 39.3 Å². The van der Waals surface area contributed by atoms with Crippen molar-refractivity contribution in [1.29, 1.82) is 0 Å². The van der Waals surface area contributed by atoms with Gasteiger partial charge in [0, 0.05) is 50.6 Å². The number of hydrogen-bond donors (Lipinski definition) is 0. The van der Waals surface area contributed by atoms with Gasteiger partial charge in [-0.2, -0.15) is 0 Å². The fourth-order valence-electron chi connectivity index (χ4n) is 4.10. The molecule has 0 saturated carbocycles. The van der Waals surface area contributed by atoms with Crippen LogP contribution in [0.5, 0.6) is 0 Å². The molecule has 2 saturated heterocycles. The van der Waals surface area contributed by atoms with Gasteiger partial charge in [0.25, 0.3) is 5.91 Å². The standard InChI is InChI=1S/C23H27N3O3S/c1-16-3-6-18(7-4-16)14-26-15-19(13-21(26)27)22(28)24-9-11-25(12-10-24)23(29)20-8-5-17(2)30-20/h3-8,19H,9-15H2,1-2H3. The third-order valence-electron chi connectivity index (χ3n) is 5.89. The second-order valence-electron chi connectivity index (χ2n) is 8.19. The van der Waals surface area contributed by atoms with E-state index in [-0.39, 0.29) is 30.1 Å². The summed E-state index contributed by atoms with van der Waals surface area (Å²) in [5, 5.41) is 0. The minimum absolute atomic E-state index is 0.0359. The van der Waals surface area contributed by atoms with Crippen molar-refractivity contribution in [3.63, 3.8) is 0 Å². The molecule has 2 aliphatic heterocycles. The van der Waals surface area contributed by atoms with E-state index in [1.165, 1.54) is 16.9 Å². The van der Waals surface area contributed by atoms with E-state index in [1.54, 1.807) is 4.90 Å². The van der Waals surface area contributed by atoms with Crippen molar-refractivity contribution in [2.75, 3.05) is 32.7 Å². The van der Waals surface area contributed by atoms with Crippen LogP contribution in [-0.2, 0) is 16.1 Å². The lowest BCUT2D eigenvalue weighted by atomic mass is 10.1. The summed E-state index contributed by atoms with van der Waals surface area (Å²) in [6, 6.07) is 12.0. The number of nitrogens with zero attached hydrogens (tertiary/aromatic N) is 3. The Bertz CT molecular complexity index is 945. The van der Waals surface area contributed by atoms with Crippen LogP contribution in [0, 0.1) is 19.8 Å². The van der Waals surface area contributed by atoms with E-state index in [0.717, 1.165) is 15.3 Å². The molecule has 0 bridgehead atoms. The number of thiophene rings is 1. The zero-order valence-electron chi connectivity index (χ0n) is 17.5. The van der Waals surface area contributed by atoms with E-state index < -0.39 is 0 Å². The van der Waals surface area contributed by atoms with Crippen LogP contribution >= 0.6 is 11.3 Å². The van der Waals surface area contributed by atoms with Crippen molar-refractivity contribution >= 4 is 29.1 Å². The first-order chi connectivity index (χ1) is 14.4. The fourth-order valence-corrected chi connectivity index (χ4v) is 4.93. The Kier molecular flexibility index (Phi) is 5.90. The minimum Gasteiger partial charge on any atom is -0.339 e. The molecule has 6 nitrogen and oxygen atoms in total. The Hall–Kier alpha value is -2.67. The van der Waals surface area contributed by atoms with Gasteiger partial charge in [0.2, 0.25) is 11.8 Å². The minimum atomic E-state index is -0.287. The monoisotopic (exact) mass is 425 g/mol. The van der Waals surface area contributed by atoms with Gasteiger partial charge in [-0.05, 0) is 31.5 Å². The zero-order chi connectivity index (χ0) is 21.3. The van der Waals surface area contributed by atoms with Gasteiger partial charge in [0.05, 0.1) is 10.8 Å². The van der Waals surface area contributed by atoms with Crippen LogP contribution in [0.2, 0.25) is 0 Å². The number of carbonyl (C=O) groups excluding carboxylic acids is 3. The fraction of sp³-hybridized carbons (Fsp3) is 0.435. The van der Waals surface area contributed by atoms with Crippen molar-refractivity contribution in [3.8, 4) is 0 Å². The lowest BCUT2D eigenvalue weighted by Gasteiger charge is -2.35. The molecule has 3 amide bonds. The first kappa shape index (κ1) is 20.6. The summed E-state index contributed by atoms with van der Waals surface area (Å²) in [5.41, 5.74) is 2.27. The summed E-state index contributed by atoms with van der Waals surface area (Å²) in [4.78, 5) is 45.3. The maximum atomic E-state index is 13.0. The topological polar surface area (TPSA) is 60.9 Å². The number of piperazine rings is 1. The van der Waals surface area contributed by atoms with Crippen LogP contribution in [0.3, 0.4) is 0 Å². The maximum Gasteiger partial charge on any atom is 0.264 e. The van der Waals surface area contributed by atoms with Gasteiger partial charge < -0.3 is 14.7 Å². The molecule has 0 N–H and O–H groups in total. The van der Waals surface area contributed by atoms with Crippen molar-refractivity contribution in [3.05, 3.63) is 57.3 Å². The normalized spacial score (nSPS) is 19.5. The van der Waals surface area contributed by atoms with Crippen molar-refractivity contribution in [1.82, 2.24) is 14.7 Å². The van der Waals surface area contributed by atoms with Crippen molar-refractivity contribution < 1.29 is 14.4 Å². The number of benzene rings is 1. The van der Waals surface area contributed by atoms with Crippen LogP contribution in [0.4, 0.5) is 0 Å². The molecule has 0 aliphatic carbocycles. The summed E-state index contributed by atoms with van der Waals surface area (Å²) in [7, 11) is 0. The van der Waals surface area contributed by atoms with E-state index in [4.69, 9.17) is 0 Å². The van der Waals surface area contributed by atoms with Crippen LogP contribution in [0.25, 0.3) is 0 Å². The molecule has 3 heterocycles. The highest BCUT2D eigenvalue weighted by molar-refractivity contribution is 7.13. The Morgan fingerprint density at radius 1 is 0.967 bits per heavy atom. The highest BCUT2D eigenvalue weighted by Gasteiger charge is 2.37. The number of hydrogen-bond acceptors (Lipinski definition) is 4. The molecular weight excluding hydrogens is 398 g/mol. The van der Waals surface area contributed by atoms with Gasteiger partial charge in [-0.25, -0.2) is 0 Å². The Morgan fingerprint density at radius 3 is 2.27 bits per heavy atom. The molecule has 0 radical (unpaired) electrons. The zero-order valence-corrected chi connectivity index (χ0v) is 18.3. The smallest absolute Gasteiger partial charge is 0.264 e. The quantitative estimate of drug-likeness (QED) is 0.757. The third-order valence-corrected chi connectivity index (χ3v) is 6.88. The Balaban J connectivity index is 1.30. The average Bonchev–Trinajstić information content (AvgIpc) is 3.34. The van der Waals surface area contributed by atoms with Crippen LogP contribution in [-0.4, -0.2) is 65.1 Å². The first-order valence-electron chi connectivity index (χ1n) is 10.4. The highest BCUT2D eigenvalue weighted by atomic mass is 32.1. The summed E-state index contributed by atoms with van der Waals surface area (Å²) in [6.45, 7) is 7.17. The van der Waals surface area contributed by atoms with E-state index in [1.807, 2.05) is 60.0 Å². The molecule has 0 spiro atoms. The van der Waals surface area contributed by atoms with E-state index in [2.05, 4.69) is 0 Å². The lowest BCUT2D eigenvalue weighted by molar-refractivity contribution is -0.137. The van der Waals surface area contributed by atoms with E-state index >= 15 is 0 Å². The number of aryl methyl sites for hydroxylation is 2. The van der Waals surface area contributed by atoms with Gasteiger partial charge >= 0.3 is 0 Å². The average molecular weight is 426 g/mol. The lowest BCUT2D eigenvalue weighted by Crippen LogP contribution is -2.52.